The topological polar surface area (TPSA) is 38.5 Å². The monoisotopic (exact) mass is 284 g/mol. The summed E-state index contributed by atoms with van der Waals surface area (Å²) in [4.78, 5) is 2.33. The molecule has 0 heterocycles. The summed E-state index contributed by atoms with van der Waals surface area (Å²) in [6.45, 7) is 10.0. The van der Waals surface area contributed by atoms with Gasteiger partial charge in [-0.1, -0.05) is 25.4 Å². The molecular weight excluding hydrogens is 260 g/mol. The zero-order valence-corrected chi connectivity index (χ0v) is 12.9. The van der Waals surface area contributed by atoms with E-state index in [1.807, 2.05) is 25.1 Å². The molecule has 0 bridgehead atoms. The Balaban J connectivity index is 2.61. The van der Waals surface area contributed by atoms with Gasteiger partial charge in [-0.25, -0.2) is 0 Å². The maximum absolute atomic E-state index is 6.03. The molecule has 1 rings (SSSR count). The van der Waals surface area contributed by atoms with E-state index in [9.17, 15) is 0 Å². The first-order valence-corrected chi connectivity index (χ1v) is 7.33. The van der Waals surface area contributed by atoms with Crippen LogP contribution in [0.3, 0.4) is 0 Å². The molecular formula is C15H25ClN2O. The highest BCUT2D eigenvalue weighted by Gasteiger charge is 2.08. The summed E-state index contributed by atoms with van der Waals surface area (Å²) < 4.78 is 5.87. The third kappa shape index (κ3) is 5.81. The minimum atomic E-state index is 0.101. The van der Waals surface area contributed by atoms with Crippen molar-refractivity contribution in [3.05, 3.63) is 28.8 Å². The Morgan fingerprint density at radius 2 is 2.00 bits per heavy atom. The Morgan fingerprint density at radius 3 is 2.58 bits per heavy atom. The zero-order valence-electron chi connectivity index (χ0n) is 12.2. The molecule has 4 heteroatoms. The van der Waals surface area contributed by atoms with Gasteiger partial charge in [0.25, 0.3) is 0 Å². The lowest BCUT2D eigenvalue weighted by molar-refractivity contribution is 0.221. The number of hydrogen-bond donors (Lipinski definition) is 1. The van der Waals surface area contributed by atoms with E-state index in [1.165, 1.54) is 0 Å². The normalized spacial score (nSPS) is 12.7. The van der Waals surface area contributed by atoms with Gasteiger partial charge in [0.1, 0.15) is 12.4 Å². The predicted octanol–water partition coefficient (Wildman–Crippen LogP) is 2.95. The molecule has 1 unspecified atom stereocenters. The van der Waals surface area contributed by atoms with Crippen molar-refractivity contribution in [2.24, 2.45) is 5.73 Å². The molecule has 0 aliphatic heterocycles. The van der Waals surface area contributed by atoms with Gasteiger partial charge in [-0.2, -0.15) is 0 Å². The van der Waals surface area contributed by atoms with Gasteiger partial charge in [-0.15, -0.1) is 0 Å². The third-order valence-corrected chi connectivity index (χ3v) is 3.36. The summed E-state index contributed by atoms with van der Waals surface area (Å²) in [7, 11) is 0. The van der Waals surface area contributed by atoms with Gasteiger partial charge in [0.2, 0.25) is 0 Å². The number of hydrogen-bond acceptors (Lipinski definition) is 3. The lowest BCUT2D eigenvalue weighted by Gasteiger charge is -2.19. The SMILES string of the molecule is CCN(CC)CCOc1ccc(Cl)cc1CC(C)N. The molecule has 3 nitrogen and oxygen atoms in total. The minimum Gasteiger partial charge on any atom is -0.492 e. The fourth-order valence-corrected chi connectivity index (χ4v) is 2.21. The fourth-order valence-electron chi connectivity index (χ4n) is 2.02. The molecule has 0 amide bonds. The standard InChI is InChI=1S/C15H25ClN2O/c1-4-18(5-2)8-9-19-15-7-6-14(16)11-13(15)10-12(3)17/h6-7,11-12H,4-5,8-10,17H2,1-3H3. The van der Waals surface area contributed by atoms with Crippen LogP contribution in [0.25, 0.3) is 0 Å². The quantitative estimate of drug-likeness (QED) is 0.798. The number of ether oxygens (including phenoxy) is 1. The molecule has 108 valence electrons. The molecule has 0 saturated heterocycles. The number of rotatable bonds is 8. The molecule has 0 aromatic heterocycles. The second-order valence-corrected chi connectivity index (χ2v) is 5.25. The van der Waals surface area contributed by atoms with Crippen molar-refractivity contribution in [3.63, 3.8) is 0 Å². The van der Waals surface area contributed by atoms with Crippen LogP contribution in [-0.2, 0) is 6.42 Å². The molecule has 1 aromatic carbocycles. The molecule has 0 fully saturated rings. The van der Waals surface area contributed by atoms with Crippen molar-refractivity contribution in [2.45, 2.75) is 33.2 Å². The fraction of sp³-hybridized carbons (Fsp3) is 0.600. The maximum Gasteiger partial charge on any atom is 0.122 e. The Kier molecular flexibility index (Phi) is 7.21. The molecule has 0 radical (unpaired) electrons. The third-order valence-electron chi connectivity index (χ3n) is 3.12. The predicted molar refractivity (Wildman–Crippen MR) is 82.1 cm³/mol. The van der Waals surface area contributed by atoms with Crippen molar-refractivity contribution in [2.75, 3.05) is 26.2 Å². The largest absolute Gasteiger partial charge is 0.492 e. The van der Waals surface area contributed by atoms with Crippen molar-refractivity contribution in [1.82, 2.24) is 4.90 Å². The summed E-state index contributed by atoms with van der Waals surface area (Å²) in [5.41, 5.74) is 6.94. The first-order valence-electron chi connectivity index (χ1n) is 6.96. The van der Waals surface area contributed by atoms with Crippen LogP contribution in [0.1, 0.15) is 26.3 Å². The van der Waals surface area contributed by atoms with Crippen LogP contribution in [0.4, 0.5) is 0 Å². The van der Waals surface area contributed by atoms with E-state index >= 15 is 0 Å². The first kappa shape index (κ1) is 16.3. The van der Waals surface area contributed by atoms with Crippen molar-refractivity contribution >= 4 is 11.6 Å². The van der Waals surface area contributed by atoms with E-state index in [4.69, 9.17) is 22.1 Å². The Hall–Kier alpha value is -0.770. The summed E-state index contributed by atoms with van der Waals surface area (Å²) in [5.74, 6) is 0.897. The maximum atomic E-state index is 6.03. The van der Waals surface area contributed by atoms with Gasteiger partial charge >= 0.3 is 0 Å². The molecule has 2 N–H and O–H groups in total. The summed E-state index contributed by atoms with van der Waals surface area (Å²) >= 11 is 6.03. The second kappa shape index (κ2) is 8.41. The highest BCUT2D eigenvalue weighted by atomic mass is 35.5. The van der Waals surface area contributed by atoms with Crippen LogP contribution in [0, 0.1) is 0 Å². The van der Waals surface area contributed by atoms with Crippen LogP contribution < -0.4 is 10.5 Å². The van der Waals surface area contributed by atoms with Crippen LogP contribution in [0.15, 0.2) is 18.2 Å². The smallest absolute Gasteiger partial charge is 0.122 e. The number of benzene rings is 1. The molecule has 1 aromatic rings. The van der Waals surface area contributed by atoms with Gasteiger partial charge in [0.05, 0.1) is 0 Å². The van der Waals surface area contributed by atoms with E-state index < -0.39 is 0 Å². The number of likely N-dealkylation sites (N-methyl/N-ethyl adjacent to an activating group) is 1. The molecule has 0 spiro atoms. The van der Waals surface area contributed by atoms with E-state index in [0.29, 0.717) is 6.61 Å². The van der Waals surface area contributed by atoms with Gasteiger partial charge in [-0.05, 0) is 50.2 Å². The van der Waals surface area contributed by atoms with E-state index in [1.54, 1.807) is 0 Å². The number of nitrogens with zero attached hydrogens (tertiary/aromatic N) is 1. The van der Waals surface area contributed by atoms with Crippen molar-refractivity contribution < 1.29 is 4.74 Å². The van der Waals surface area contributed by atoms with Gasteiger partial charge in [0.15, 0.2) is 0 Å². The van der Waals surface area contributed by atoms with Gasteiger partial charge in [0, 0.05) is 17.6 Å². The first-order chi connectivity index (χ1) is 9.06. The molecule has 0 aliphatic rings. The van der Waals surface area contributed by atoms with Crippen LogP contribution >= 0.6 is 11.6 Å². The summed E-state index contributed by atoms with van der Waals surface area (Å²) in [6, 6.07) is 5.84. The highest BCUT2D eigenvalue weighted by Crippen LogP contribution is 2.24. The lowest BCUT2D eigenvalue weighted by Crippen LogP contribution is -2.28. The van der Waals surface area contributed by atoms with E-state index in [0.717, 1.165) is 42.4 Å². The van der Waals surface area contributed by atoms with Gasteiger partial charge < -0.3 is 15.4 Å². The minimum absolute atomic E-state index is 0.101. The van der Waals surface area contributed by atoms with Crippen molar-refractivity contribution in [1.29, 1.82) is 0 Å². The second-order valence-electron chi connectivity index (χ2n) is 4.81. The molecule has 0 aliphatic carbocycles. The number of nitrogens with two attached hydrogens (primary N) is 1. The Labute approximate surface area is 121 Å². The Morgan fingerprint density at radius 1 is 1.32 bits per heavy atom. The number of halogens is 1. The summed E-state index contributed by atoms with van der Waals surface area (Å²) in [5, 5.41) is 0.728. The average molecular weight is 285 g/mol. The zero-order chi connectivity index (χ0) is 14.3. The summed E-state index contributed by atoms with van der Waals surface area (Å²) in [6.07, 6.45) is 0.779. The van der Waals surface area contributed by atoms with E-state index in [2.05, 4.69) is 18.7 Å². The molecule has 19 heavy (non-hydrogen) atoms. The van der Waals surface area contributed by atoms with Crippen LogP contribution in [0.5, 0.6) is 5.75 Å². The van der Waals surface area contributed by atoms with Crippen LogP contribution in [-0.4, -0.2) is 37.2 Å². The van der Waals surface area contributed by atoms with Gasteiger partial charge in [-0.3, -0.25) is 0 Å². The Bertz CT molecular complexity index is 378. The molecule has 1 atom stereocenters. The van der Waals surface area contributed by atoms with E-state index in [-0.39, 0.29) is 6.04 Å². The van der Waals surface area contributed by atoms with Crippen molar-refractivity contribution in [3.8, 4) is 5.75 Å². The lowest BCUT2D eigenvalue weighted by atomic mass is 10.1. The molecule has 0 saturated carbocycles. The highest BCUT2D eigenvalue weighted by molar-refractivity contribution is 6.30. The average Bonchev–Trinajstić information content (AvgIpc) is 2.36. The van der Waals surface area contributed by atoms with Crippen LogP contribution in [0.2, 0.25) is 5.02 Å².